The molecule has 3 aromatic carbocycles. The minimum atomic E-state index is -1.27. The number of carbonyl (C=O) groups excluding carboxylic acids is 2. The Morgan fingerprint density at radius 3 is 2.41 bits per heavy atom. The van der Waals surface area contributed by atoms with Crippen molar-refractivity contribution >= 4 is 34.2 Å². The van der Waals surface area contributed by atoms with E-state index >= 15 is 4.39 Å². The second kappa shape index (κ2) is 12.9. The lowest BCUT2D eigenvalue weighted by molar-refractivity contribution is -0.113. The zero-order valence-electron chi connectivity index (χ0n) is 23.7. The summed E-state index contributed by atoms with van der Waals surface area (Å²) in [4.78, 5) is 32.9. The molecule has 1 aliphatic heterocycles. The van der Waals surface area contributed by atoms with Crippen molar-refractivity contribution in [2.75, 3.05) is 44.1 Å². The lowest BCUT2D eigenvalue weighted by Gasteiger charge is -2.34. The molecule has 0 radical (unpaired) electrons. The number of nitrogens with zero attached hydrogens (tertiary/aromatic N) is 3. The van der Waals surface area contributed by atoms with E-state index in [2.05, 4.69) is 10.3 Å². The second-order valence-electron chi connectivity index (χ2n) is 9.72. The molecule has 1 aromatic heterocycles. The van der Waals surface area contributed by atoms with E-state index in [1.807, 2.05) is 0 Å². The van der Waals surface area contributed by atoms with Crippen LogP contribution in [0, 0.1) is 11.6 Å². The van der Waals surface area contributed by atoms with Crippen molar-refractivity contribution in [2.45, 2.75) is 6.10 Å². The van der Waals surface area contributed by atoms with E-state index in [0.717, 1.165) is 11.0 Å². The SMILES string of the molecule is COc1cc2nccc(Oc3ccc(NC(=O)C4=CN(C[C@H](O)CO)C(=O)N(c5ccc(F)cc5)C4)cc3F)c2cc1OC. The highest BCUT2D eigenvalue weighted by Gasteiger charge is 2.31. The summed E-state index contributed by atoms with van der Waals surface area (Å²) in [5.41, 5.74) is 1.05. The number of fused-ring (bicyclic) bond motifs is 1. The molecule has 13 heteroatoms. The first-order chi connectivity index (χ1) is 21.2. The number of carbonyl (C=O) groups is 2. The highest BCUT2D eigenvalue weighted by molar-refractivity contribution is 6.07. The Hall–Kier alpha value is -5.27. The molecule has 0 bridgehead atoms. The first-order valence-corrected chi connectivity index (χ1v) is 13.3. The molecule has 0 unspecified atom stereocenters. The van der Waals surface area contributed by atoms with E-state index in [1.165, 1.54) is 67.9 Å². The van der Waals surface area contributed by atoms with Gasteiger partial charge in [0, 0.05) is 41.3 Å². The number of ether oxygens (including phenoxy) is 3. The lowest BCUT2D eigenvalue weighted by atomic mass is 10.1. The molecule has 0 saturated carbocycles. The number of aliphatic hydroxyl groups is 2. The summed E-state index contributed by atoms with van der Waals surface area (Å²) < 4.78 is 45.2. The summed E-state index contributed by atoms with van der Waals surface area (Å²) in [7, 11) is 2.99. The third-order valence-corrected chi connectivity index (χ3v) is 6.78. The molecule has 1 atom stereocenters. The predicted octanol–water partition coefficient (Wildman–Crippen LogP) is 4.44. The minimum absolute atomic E-state index is 0.0902. The summed E-state index contributed by atoms with van der Waals surface area (Å²) in [6.07, 6.45) is 1.49. The van der Waals surface area contributed by atoms with Gasteiger partial charge < -0.3 is 29.7 Å². The van der Waals surface area contributed by atoms with Gasteiger partial charge in [0.15, 0.2) is 23.1 Å². The van der Waals surface area contributed by atoms with Crippen LogP contribution in [0.25, 0.3) is 10.9 Å². The monoisotopic (exact) mass is 606 g/mol. The van der Waals surface area contributed by atoms with Crippen LogP contribution in [0.2, 0.25) is 0 Å². The maximum absolute atomic E-state index is 15.2. The van der Waals surface area contributed by atoms with Gasteiger partial charge in [-0.25, -0.2) is 13.6 Å². The molecule has 0 fully saturated rings. The molecule has 228 valence electrons. The Labute approximate surface area is 250 Å². The number of hydrogen-bond donors (Lipinski definition) is 3. The van der Waals surface area contributed by atoms with Gasteiger partial charge in [-0.15, -0.1) is 0 Å². The molecule has 44 heavy (non-hydrogen) atoms. The fraction of sp³-hybridized carbons (Fsp3) is 0.194. The number of benzene rings is 3. The average molecular weight is 607 g/mol. The maximum atomic E-state index is 15.2. The first-order valence-electron chi connectivity index (χ1n) is 13.3. The standard InChI is InChI=1S/C31H28F2N4O7/c1-42-28-12-23-25(13-29(28)43-2)34-10-9-26(23)44-27-8-5-20(11-24(27)33)35-30(40)18-14-36(16-22(39)17-38)31(41)37(15-18)21-6-3-19(32)4-7-21/h3-14,22,38-39H,15-17H2,1-2H3,(H,35,40)/t22-/m0/s1. The predicted molar refractivity (Wildman–Crippen MR) is 157 cm³/mol. The van der Waals surface area contributed by atoms with E-state index in [-0.39, 0.29) is 30.1 Å². The van der Waals surface area contributed by atoms with Crippen LogP contribution in [0.1, 0.15) is 0 Å². The number of pyridine rings is 1. The van der Waals surface area contributed by atoms with Crippen LogP contribution >= 0.6 is 0 Å². The van der Waals surface area contributed by atoms with E-state index in [4.69, 9.17) is 14.2 Å². The Bertz CT molecular complexity index is 1730. The normalized spacial score (nSPS) is 13.9. The van der Waals surface area contributed by atoms with Crippen LogP contribution in [0.15, 0.2) is 78.6 Å². The van der Waals surface area contributed by atoms with Crippen LogP contribution in [0.5, 0.6) is 23.0 Å². The summed E-state index contributed by atoms with van der Waals surface area (Å²) >= 11 is 0. The maximum Gasteiger partial charge on any atom is 0.328 e. The first kappa shape index (κ1) is 30.2. The molecule has 4 aromatic rings. The zero-order chi connectivity index (χ0) is 31.4. The fourth-order valence-corrected chi connectivity index (χ4v) is 4.57. The number of anilines is 2. The number of aromatic nitrogens is 1. The molecule has 0 spiro atoms. The minimum Gasteiger partial charge on any atom is -0.493 e. The third-order valence-electron chi connectivity index (χ3n) is 6.78. The zero-order valence-corrected chi connectivity index (χ0v) is 23.7. The number of β-amino-alcohol motifs (C(OH)–C–C–N with tert-alkyl or cyclic N) is 1. The molecular weight excluding hydrogens is 578 g/mol. The molecule has 1 aliphatic rings. The van der Waals surface area contributed by atoms with Gasteiger partial charge in [-0.05, 0) is 48.5 Å². The van der Waals surface area contributed by atoms with Gasteiger partial charge in [0.25, 0.3) is 5.91 Å². The second-order valence-corrected chi connectivity index (χ2v) is 9.72. The third kappa shape index (κ3) is 6.38. The Balaban J connectivity index is 1.36. The molecular formula is C31H28F2N4O7. The highest BCUT2D eigenvalue weighted by Crippen LogP contribution is 2.37. The smallest absolute Gasteiger partial charge is 0.328 e. The van der Waals surface area contributed by atoms with E-state index in [0.29, 0.717) is 33.8 Å². The van der Waals surface area contributed by atoms with Gasteiger partial charge in [-0.1, -0.05) is 0 Å². The van der Waals surface area contributed by atoms with Crippen LogP contribution < -0.4 is 24.4 Å². The van der Waals surface area contributed by atoms with Crippen molar-refractivity contribution in [2.24, 2.45) is 0 Å². The van der Waals surface area contributed by atoms with Crippen molar-refractivity contribution < 1.29 is 42.8 Å². The lowest BCUT2D eigenvalue weighted by Crippen LogP contribution is -2.49. The number of nitrogens with one attached hydrogen (secondary N) is 1. The van der Waals surface area contributed by atoms with Gasteiger partial charge in [0.1, 0.15) is 11.6 Å². The van der Waals surface area contributed by atoms with E-state index < -0.39 is 36.3 Å². The summed E-state index contributed by atoms with van der Waals surface area (Å²) in [6, 6.07) is 13.3. The number of rotatable bonds is 10. The summed E-state index contributed by atoms with van der Waals surface area (Å²) in [5.74, 6) is -0.802. The van der Waals surface area contributed by atoms with Gasteiger partial charge >= 0.3 is 6.03 Å². The largest absolute Gasteiger partial charge is 0.493 e. The fourth-order valence-electron chi connectivity index (χ4n) is 4.57. The van der Waals surface area contributed by atoms with E-state index in [9.17, 15) is 24.2 Å². The molecule has 2 heterocycles. The van der Waals surface area contributed by atoms with Crippen LogP contribution in [-0.2, 0) is 4.79 Å². The van der Waals surface area contributed by atoms with Gasteiger partial charge in [-0.2, -0.15) is 0 Å². The number of methoxy groups -OCH3 is 2. The Kier molecular flexibility index (Phi) is 8.88. The van der Waals surface area contributed by atoms with Crippen LogP contribution in [0.3, 0.4) is 0 Å². The molecule has 0 aliphatic carbocycles. The molecule has 11 nitrogen and oxygen atoms in total. The Morgan fingerprint density at radius 1 is 1.00 bits per heavy atom. The number of hydrogen-bond acceptors (Lipinski definition) is 8. The van der Waals surface area contributed by atoms with Gasteiger partial charge in [-0.3, -0.25) is 19.6 Å². The van der Waals surface area contributed by atoms with Crippen LogP contribution in [-0.4, -0.2) is 72.1 Å². The average Bonchev–Trinajstić information content (AvgIpc) is 3.03. The van der Waals surface area contributed by atoms with Crippen molar-refractivity contribution in [3.05, 3.63) is 90.3 Å². The van der Waals surface area contributed by atoms with E-state index in [1.54, 1.807) is 18.2 Å². The Morgan fingerprint density at radius 2 is 1.73 bits per heavy atom. The quantitative estimate of drug-likeness (QED) is 0.241. The number of amides is 3. The van der Waals surface area contributed by atoms with Crippen molar-refractivity contribution in [1.82, 2.24) is 9.88 Å². The highest BCUT2D eigenvalue weighted by atomic mass is 19.1. The summed E-state index contributed by atoms with van der Waals surface area (Å²) in [6.45, 7) is -1.09. The number of halogens is 2. The summed E-state index contributed by atoms with van der Waals surface area (Å²) in [5, 5.41) is 22.4. The van der Waals surface area contributed by atoms with Crippen molar-refractivity contribution in [1.29, 1.82) is 0 Å². The molecule has 3 amide bonds. The molecule has 3 N–H and O–H groups in total. The topological polar surface area (TPSA) is 134 Å². The molecule has 0 saturated heterocycles. The molecule has 5 rings (SSSR count). The van der Waals surface area contributed by atoms with Crippen LogP contribution in [0.4, 0.5) is 25.0 Å². The van der Waals surface area contributed by atoms with Crippen molar-refractivity contribution in [3.63, 3.8) is 0 Å². The number of aliphatic hydroxyl groups excluding tert-OH is 2. The van der Waals surface area contributed by atoms with Crippen molar-refractivity contribution in [3.8, 4) is 23.0 Å². The van der Waals surface area contributed by atoms with Gasteiger partial charge in [0.05, 0.1) is 51.1 Å². The number of urea groups is 1. The van der Waals surface area contributed by atoms with Gasteiger partial charge in [0.2, 0.25) is 0 Å².